The molecule has 2 heterocycles. The van der Waals surface area contributed by atoms with E-state index in [-0.39, 0.29) is 11.1 Å². The van der Waals surface area contributed by atoms with Gasteiger partial charge in [0.1, 0.15) is 5.75 Å². The van der Waals surface area contributed by atoms with Crippen LogP contribution in [0.4, 0.5) is 4.79 Å². The average molecular weight is 433 g/mol. The van der Waals surface area contributed by atoms with Gasteiger partial charge in [0.2, 0.25) is 0 Å². The molecule has 142 valence electrons. The first-order chi connectivity index (χ1) is 13.4. The van der Waals surface area contributed by atoms with Crippen molar-refractivity contribution in [1.82, 2.24) is 9.88 Å². The minimum Gasteiger partial charge on any atom is -0.497 e. The van der Waals surface area contributed by atoms with Crippen LogP contribution < -0.4 is 10.1 Å². The lowest BCUT2D eigenvalue weighted by Gasteiger charge is -2.07. The molecular weight excluding hydrogens is 419 g/mol. The molecule has 0 spiro atoms. The van der Waals surface area contributed by atoms with E-state index in [9.17, 15) is 9.59 Å². The highest BCUT2D eigenvalue weighted by Gasteiger charge is 2.25. The lowest BCUT2D eigenvalue weighted by molar-refractivity contribution is -0.115. The molecule has 1 fully saturated rings. The lowest BCUT2D eigenvalue weighted by Crippen LogP contribution is -2.17. The van der Waals surface area contributed by atoms with Crippen LogP contribution in [0.5, 0.6) is 5.75 Å². The normalized spacial score (nSPS) is 15.5. The zero-order chi connectivity index (χ0) is 19.8. The van der Waals surface area contributed by atoms with Crippen molar-refractivity contribution in [3.8, 4) is 5.75 Å². The molecule has 2 amide bonds. The molecule has 0 saturated carbocycles. The second kappa shape index (κ2) is 7.54. The summed E-state index contributed by atoms with van der Waals surface area (Å²) in [5, 5.41) is 3.83. The summed E-state index contributed by atoms with van der Waals surface area (Å²) in [4.78, 5) is 23.8. The number of rotatable bonds is 4. The summed E-state index contributed by atoms with van der Waals surface area (Å²) in [6, 6.07) is 11.3. The maximum Gasteiger partial charge on any atom is 0.290 e. The molecule has 3 aromatic rings. The minimum absolute atomic E-state index is 0.362. The van der Waals surface area contributed by atoms with Crippen molar-refractivity contribution in [3.63, 3.8) is 0 Å². The topological polar surface area (TPSA) is 60.3 Å². The van der Waals surface area contributed by atoms with Crippen LogP contribution in [0.25, 0.3) is 17.0 Å². The molecule has 0 atom stereocenters. The molecule has 0 unspecified atom stereocenters. The molecule has 0 bridgehead atoms. The van der Waals surface area contributed by atoms with Crippen molar-refractivity contribution < 1.29 is 14.3 Å². The molecule has 1 N–H and O–H groups in total. The van der Waals surface area contributed by atoms with Gasteiger partial charge in [-0.25, -0.2) is 0 Å². The van der Waals surface area contributed by atoms with E-state index in [0.29, 0.717) is 27.2 Å². The van der Waals surface area contributed by atoms with Crippen molar-refractivity contribution in [2.75, 3.05) is 7.11 Å². The largest absolute Gasteiger partial charge is 0.497 e. The van der Waals surface area contributed by atoms with Crippen molar-refractivity contribution in [2.24, 2.45) is 0 Å². The number of ether oxygens (including phenoxy) is 1. The monoisotopic (exact) mass is 432 g/mol. The number of amides is 2. The Balaban J connectivity index is 1.81. The standard InChI is InChI=1S/C20H14Cl2N2O3S/c1-27-13-3-5-17-14(8-13)12(7-18-19(25)23-20(26)28-18)10-24(17)9-11-2-4-15(21)16(22)6-11/h2-8,10H,9H2,1H3,(H,23,25,26)/b18-7-. The van der Waals surface area contributed by atoms with E-state index >= 15 is 0 Å². The fourth-order valence-corrected chi connectivity index (χ4v) is 4.07. The third-order valence-corrected chi connectivity index (χ3v) is 5.93. The number of aromatic nitrogens is 1. The van der Waals surface area contributed by atoms with E-state index in [2.05, 4.69) is 9.88 Å². The highest BCUT2D eigenvalue weighted by molar-refractivity contribution is 8.18. The Morgan fingerprint density at radius 1 is 1.14 bits per heavy atom. The van der Waals surface area contributed by atoms with Gasteiger partial charge in [-0.3, -0.25) is 14.9 Å². The van der Waals surface area contributed by atoms with E-state index in [1.807, 2.05) is 36.5 Å². The van der Waals surface area contributed by atoms with Crippen LogP contribution >= 0.6 is 35.0 Å². The van der Waals surface area contributed by atoms with Crippen LogP contribution in [0.15, 0.2) is 47.5 Å². The summed E-state index contributed by atoms with van der Waals surface area (Å²) >= 11 is 13.0. The first kappa shape index (κ1) is 18.9. The summed E-state index contributed by atoms with van der Waals surface area (Å²) in [7, 11) is 1.60. The fourth-order valence-electron chi connectivity index (χ4n) is 3.07. The van der Waals surface area contributed by atoms with Gasteiger partial charge in [0, 0.05) is 29.2 Å². The van der Waals surface area contributed by atoms with Gasteiger partial charge in [-0.05, 0) is 53.7 Å². The van der Waals surface area contributed by atoms with E-state index in [1.165, 1.54) is 0 Å². The van der Waals surface area contributed by atoms with Crippen molar-refractivity contribution in [2.45, 2.75) is 6.54 Å². The van der Waals surface area contributed by atoms with E-state index in [1.54, 1.807) is 19.3 Å². The van der Waals surface area contributed by atoms with Gasteiger partial charge in [0.25, 0.3) is 11.1 Å². The molecule has 0 aliphatic carbocycles. The number of nitrogens with one attached hydrogen (secondary N) is 1. The lowest BCUT2D eigenvalue weighted by atomic mass is 10.1. The summed E-state index contributed by atoms with van der Waals surface area (Å²) < 4.78 is 7.40. The van der Waals surface area contributed by atoms with Crippen LogP contribution in [-0.2, 0) is 11.3 Å². The maximum absolute atomic E-state index is 11.9. The van der Waals surface area contributed by atoms with E-state index in [0.717, 1.165) is 33.8 Å². The summed E-state index contributed by atoms with van der Waals surface area (Å²) in [5.74, 6) is 0.322. The minimum atomic E-state index is -0.386. The smallest absolute Gasteiger partial charge is 0.290 e. The van der Waals surface area contributed by atoms with Gasteiger partial charge in [0.15, 0.2) is 0 Å². The zero-order valence-corrected chi connectivity index (χ0v) is 17.0. The second-order valence-corrected chi connectivity index (χ2v) is 8.03. The fraction of sp³-hybridized carbons (Fsp3) is 0.100. The van der Waals surface area contributed by atoms with Crippen molar-refractivity contribution in [3.05, 3.63) is 68.7 Å². The van der Waals surface area contributed by atoms with Gasteiger partial charge < -0.3 is 9.30 Å². The Bertz CT molecular complexity index is 1150. The molecule has 8 heteroatoms. The van der Waals surface area contributed by atoms with Crippen LogP contribution in [0.3, 0.4) is 0 Å². The number of benzene rings is 2. The molecule has 1 aromatic heterocycles. The highest BCUT2D eigenvalue weighted by Crippen LogP contribution is 2.32. The third-order valence-electron chi connectivity index (χ3n) is 4.38. The first-order valence-corrected chi connectivity index (χ1v) is 9.87. The van der Waals surface area contributed by atoms with Gasteiger partial charge in [-0.15, -0.1) is 0 Å². The Labute approximate surface area is 175 Å². The third kappa shape index (κ3) is 3.63. The number of methoxy groups -OCH3 is 1. The summed E-state index contributed by atoms with van der Waals surface area (Å²) in [6.45, 7) is 0.571. The Kier molecular flexibility index (Phi) is 5.10. The zero-order valence-electron chi connectivity index (χ0n) is 14.7. The van der Waals surface area contributed by atoms with E-state index in [4.69, 9.17) is 27.9 Å². The van der Waals surface area contributed by atoms with Crippen LogP contribution in [0.2, 0.25) is 10.0 Å². The molecule has 28 heavy (non-hydrogen) atoms. The number of fused-ring (bicyclic) bond motifs is 1. The quantitative estimate of drug-likeness (QED) is 0.565. The van der Waals surface area contributed by atoms with Crippen LogP contribution in [0, 0.1) is 0 Å². The van der Waals surface area contributed by atoms with E-state index < -0.39 is 0 Å². The van der Waals surface area contributed by atoms with Gasteiger partial charge in [-0.2, -0.15) is 0 Å². The summed E-state index contributed by atoms with van der Waals surface area (Å²) in [5.41, 5.74) is 2.78. The number of halogens is 2. The molecule has 1 saturated heterocycles. The highest BCUT2D eigenvalue weighted by atomic mass is 35.5. The number of nitrogens with zero attached hydrogens (tertiary/aromatic N) is 1. The Morgan fingerprint density at radius 2 is 1.96 bits per heavy atom. The van der Waals surface area contributed by atoms with Gasteiger partial charge in [0.05, 0.1) is 22.1 Å². The average Bonchev–Trinajstić information content (AvgIpc) is 3.17. The molecule has 0 radical (unpaired) electrons. The number of imide groups is 1. The van der Waals surface area contributed by atoms with Gasteiger partial charge in [-0.1, -0.05) is 29.3 Å². The van der Waals surface area contributed by atoms with Crippen LogP contribution in [0.1, 0.15) is 11.1 Å². The van der Waals surface area contributed by atoms with Crippen molar-refractivity contribution in [1.29, 1.82) is 0 Å². The molecule has 2 aromatic carbocycles. The number of carbonyl (C=O) groups is 2. The van der Waals surface area contributed by atoms with Crippen molar-refractivity contribution >= 4 is 63.1 Å². The number of carbonyl (C=O) groups excluding carboxylic acids is 2. The number of hydrogen-bond donors (Lipinski definition) is 1. The molecular formula is C20H14Cl2N2O3S. The maximum atomic E-state index is 11.9. The first-order valence-electron chi connectivity index (χ1n) is 8.30. The van der Waals surface area contributed by atoms with Gasteiger partial charge >= 0.3 is 0 Å². The number of hydrogen-bond acceptors (Lipinski definition) is 4. The molecule has 1 aliphatic rings. The van der Waals surface area contributed by atoms with Crippen LogP contribution in [-0.4, -0.2) is 22.8 Å². The Hall–Kier alpha value is -2.41. The predicted molar refractivity (Wildman–Crippen MR) is 113 cm³/mol. The second-order valence-electron chi connectivity index (χ2n) is 6.20. The Morgan fingerprint density at radius 3 is 2.64 bits per heavy atom. The molecule has 5 nitrogen and oxygen atoms in total. The SMILES string of the molecule is COc1ccc2c(c1)c(/C=C1\SC(=O)NC1=O)cn2Cc1ccc(Cl)c(Cl)c1. The summed E-state index contributed by atoms with van der Waals surface area (Å²) in [6.07, 6.45) is 3.66. The predicted octanol–water partition coefficient (Wildman–Crippen LogP) is 5.33. The molecule has 4 rings (SSSR count). The molecule has 1 aliphatic heterocycles. The number of thioether (sulfide) groups is 1.